The molecule has 4 rings (SSSR count). The number of benzene rings is 2. The predicted octanol–water partition coefficient (Wildman–Crippen LogP) is 4.10. The number of carbonyl (C=O) groups excluding carboxylic acids is 3. The van der Waals surface area contributed by atoms with E-state index in [4.69, 9.17) is 0 Å². The van der Waals surface area contributed by atoms with Crippen LogP contribution in [0.3, 0.4) is 0 Å². The SMILES string of the molecule is O=C(NCCC1=CCCCC1)c1ccc(CN2C(=O)c3ccccc3C2=O)cc1. The van der Waals surface area contributed by atoms with E-state index in [1.54, 1.807) is 48.5 Å². The van der Waals surface area contributed by atoms with E-state index in [2.05, 4.69) is 11.4 Å². The lowest BCUT2D eigenvalue weighted by Crippen LogP contribution is -2.29. The maximum absolute atomic E-state index is 12.5. The third-order valence-corrected chi connectivity index (χ3v) is 5.55. The summed E-state index contributed by atoms with van der Waals surface area (Å²) in [5, 5.41) is 2.97. The van der Waals surface area contributed by atoms with Gasteiger partial charge in [0.2, 0.25) is 0 Å². The number of carbonyl (C=O) groups is 3. The Kier molecular flexibility index (Phi) is 5.56. The van der Waals surface area contributed by atoms with Crippen LogP contribution in [-0.2, 0) is 6.54 Å². The highest BCUT2D eigenvalue weighted by molar-refractivity contribution is 6.21. The van der Waals surface area contributed by atoms with Gasteiger partial charge in [-0.25, -0.2) is 0 Å². The molecule has 1 aliphatic carbocycles. The fourth-order valence-electron chi connectivity index (χ4n) is 3.90. The lowest BCUT2D eigenvalue weighted by molar-refractivity contribution is 0.0641. The Bertz CT molecular complexity index is 941. The molecule has 0 spiro atoms. The van der Waals surface area contributed by atoms with Gasteiger partial charge >= 0.3 is 0 Å². The van der Waals surface area contributed by atoms with Crippen molar-refractivity contribution in [1.29, 1.82) is 0 Å². The zero-order chi connectivity index (χ0) is 20.2. The molecule has 0 bridgehead atoms. The van der Waals surface area contributed by atoms with Crippen LogP contribution in [0.2, 0.25) is 0 Å². The molecule has 1 heterocycles. The highest BCUT2D eigenvalue weighted by Crippen LogP contribution is 2.24. The number of allylic oxidation sites excluding steroid dienone is 1. The lowest BCUT2D eigenvalue weighted by atomic mass is 9.97. The number of hydrogen-bond donors (Lipinski definition) is 1. The van der Waals surface area contributed by atoms with Crippen LogP contribution in [0.1, 0.15) is 68.7 Å². The molecule has 2 aromatic rings. The molecule has 5 nitrogen and oxygen atoms in total. The minimum atomic E-state index is -0.274. The van der Waals surface area contributed by atoms with Crippen molar-refractivity contribution in [3.05, 3.63) is 82.4 Å². The normalized spacial score (nSPS) is 15.9. The van der Waals surface area contributed by atoms with Crippen molar-refractivity contribution in [2.75, 3.05) is 6.54 Å². The van der Waals surface area contributed by atoms with Gasteiger partial charge in [-0.1, -0.05) is 35.9 Å². The molecule has 1 aliphatic heterocycles. The Balaban J connectivity index is 1.33. The van der Waals surface area contributed by atoms with Crippen LogP contribution in [-0.4, -0.2) is 29.2 Å². The Labute approximate surface area is 170 Å². The summed E-state index contributed by atoms with van der Waals surface area (Å²) in [6.07, 6.45) is 8.00. The van der Waals surface area contributed by atoms with Gasteiger partial charge in [0, 0.05) is 12.1 Å². The van der Waals surface area contributed by atoms with Crippen LogP contribution in [0.25, 0.3) is 0 Å². The van der Waals surface area contributed by atoms with Crippen molar-refractivity contribution < 1.29 is 14.4 Å². The van der Waals surface area contributed by atoms with Crippen LogP contribution in [0.4, 0.5) is 0 Å². The average Bonchev–Trinajstić information content (AvgIpc) is 3.00. The molecular weight excluding hydrogens is 364 g/mol. The minimum absolute atomic E-state index is 0.103. The highest BCUT2D eigenvalue weighted by Gasteiger charge is 2.34. The summed E-state index contributed by atoms with van der Waals surface area (Å²) in [7, 11) is 0. The van der Waals surface area contributed by atoms with E-state index in [0.29, 0.717) is 23.2 Å². The maximum Gasteiger partial charge on any atom is 0.261 e. The van der Waals surface area contributed by atoms with Gasteiger partial charge in [0.1, 0.15) is 0 Å². The summed E-state index contributed by atoms with van der Waals surface area (Å²) >= 11 is 0. The van der Waals surface area contributed by atoms with E-state index in [0.717, 1.165) is 24.8 Å². The molecule has 0 atom stereocenters. The van der Waals surface area contributed by atoms with Crippen molar-refractivity contribution in [2.24, 2.45) is 0 Å². The van der Waals surface area contributed by atoms with Gasteiger partial charge in [-0.2, -0.15) is 0 Å². The van der Waals surface area contributed by atoms with Crippen molar-refractivity contribution in [3.8, 4) is 0 Å². The number of imide groups is 1. The van der Waals surface area contributed by atoms with E-state index in [-0.39, 0.29) is 24.3 Å². The number of rotatable bonds is 6. The van der Waals surface area contributed by atoms with E-state index in [9.17, 15) is 14.4 Å². The number of nitrogens with one attached hydrogen (secondary N) is 1. The molecule has 0 unspecified atom stereocenters. The molecule has 5 heteroatoms. The summed E-state index contributed by atoms with van der Waals surface area (Å²) in [5.74, 6) is -0.650. The van der Waals surface area contributed by atoms with Crippen molar-refractivity contribution in [2.45, 2.75) is 38.6 Å². The molecule has 2 aliphatic rings. The molecular formula is C24H24N2O3. The maximum atomic E-state index is 12.5. The van der Waals surface area contributed by atoms with Crippen LogP contribution < -0.4 is 5.32 Å². The molecule has 0 saturated carbocycles. The van der Waals surface area contributed by atoms with Gasteiger partial charge in [-0.15, -0.1) is 0 Å². The summed E-state index contributed by atoms with van der Waals surface area (Å²) in [6.45, 7) is 0.837. The van der Waals surface area contributed by atoms with E-state index in [1.807, 2.05) is 0 Å². The zero-order valence-electron chi connectivity index (χ0n) is 16.3. The first kappa shape index (κ1) is 19.1. The molecule has 0 saturated heterocycles. The second-order valence-corrected chi connectivity index (χ2v) is 7.55. The van der Waals surface area contributed by atoms with Crippen LogP contribution in [0.5, 0.6) is 0 Å². The number of fused-ring (bicyclic) bond motifs is 1. The summed E-state index contributed by atoms with van der Waals surface area (Å²) in [4.78, 5) is 38.5. The zero-order valence-corrected chi connectivity index (χ0v) is 16.3. The molecule has 148 valence electrons. The Morgan fingerprint density at radius 3 is 2.24 bits per heavy atom. The minimum Gasteiger partial charge on any atom is -0.352 e. The molecule has 0 fully saturated rings. The second-order valence-electron chi connectivity index (χ2n) is 7.55. The van der Waals surface area contributed by atoms with E-state index < -0.39 is 0 Å². The lowest BCUT2D eigenvalue weighted by Gasteiger charge is -2.14. The molecule has 0 radical (unpaired) electrons. The number of amides is 3. The van der Waals surface area contributed by atoms with Crippen LogP contribution >= 0.6 is 0 Å². The molecule has 1 N–H and O–H groups in total. The van der Waals surface area contributed by atoms with Crippen molar-refractivity contribution >= 4 is 17.7 Å². The summed E-state index contributed by atoms with van der Waals surface area (Å²) < 4.78 is 0. The Hall–Kier alpha value is -3.21. The summed E-state index contributed by atoms with van der Waals surface area (Å²) in [5.41, 5.74) is 3.72. The summed E-state index contributed by atoms with van der Waals surface area (Å²) in [6, 6.07) is 13.9. The second kappa shape index (κ2) is 8.43. The fraction of sp³-hybridized carbons (Fsp3) is 0.292. The van der Waals surface area contributed by atoms with Crippen molar-refractivity contribution in [1.82, 2.24) is 10.2 Å². The molecule has 0 aromatic heterocycles. The number of hydrogen-bond acceptors (Lipinski definition) is 3. The topological polar surface area (TPSA) is 66.5 Å². The van der Waals surface area contributed by atoms with Crippen LogP contribution in [0.15, 0.2) is 60.2 Å². The quantitative estimate of drug-likeness (QED) is 0.598. The first-order valence-corrected chi connectivity index (χ1v) is 10.1. The first-order valence-electron chi connectivity index (χ1n) is 10.1. The highest BCUT2D eigenvalue weighted by atomic mass is 16.2. The first-order chi connectivity index (χ1) is 14.1. The molecule has 29 heavy (non-hydrogen) atoms. The third-order valence-electron chi connectivity index (χ3n) is 5.55. The largest absolute Gasteiger partial charge is 0.352 e. The predicted molar refractivity (Wildman–Crippen MR) is 111 cm³/mol. The van der Waals surface area contributed by atoms with Crippen LogP contribution in [0, 0.1) is 0 Å². The smallest absolute Gasteiger partial charge is 0.261 e. The van der Waals surface area contributed by atoms with E-state index in [1.165, 1.54) is 23.3 Å². The standard InChI is InChI=1S/C24H24N2O3/c27-22(25-15-14-17-6-2-1-3-7-17)19-12-10-18(11-13-19)16-26-23(28)20-8-4-5-9-21(20)24(26)29/h4-6,8-13H,1-3,7,14-16H2,(H,25,27). The van der Waals surface area contributed by atoms with Gasteiger partial charge in [0.05, 0.1) is 17.7 Å². The van der Waals surface area contributed by atoms with Crippen molar-refractivity contribution in [3.63, 3.8) is 0 Å². The monoisotopic (exact) mass is 388 g/mol. The Morgan fingerprint density at radius 2 is 1.62 bits per heavy atom. The van der Waals surface area contributed by atoms with Gasteiger partial charge < -0.3 is 5.32 Å². The van der Waals surface area contributed by atoms with Gasteiger partial charge in [-0.05, 0) is 61.9 Å². The van der Waals surface area contributed by atoms with Gasteiger partial charge in [0.25, 0.3) is 17.7 Å². The van der Waals surface area contributed by atoms with E-state index >= 15 is 0 Å². The third kappa shape index (κ3) is 4.14. The van der Waals surface area contributed by atoms with Gasteiger partial charge in [0.15, 0.2) is 0 Å². The molecule has 3 amide bonds. The molecule has 2 aromatic carbocycles. The number of nitrogens with zero attached hydrogens (tertiary/aromatic N) is 1. The fourth-order valence-corrected chi connectivity index (χ4v) is 3.90. The Morgan fingerprint density at radius 1 is 0.931 bits per heavy atom. The van der Waals surface area contributed by atoms with Gasteiger partial charge in [-0.3, -0.25) is 19.3 Å². The average molecular weight is 388 g/mol.